The van der Waals surface area contributed by atoms with Crippen LogP contribution in [-0.2, 0) is 17.9 Å². The Morgan fingerprint density at radius 1 is 1.07 bits per heavy atom. The zero-order chi connectivity index (χ0) is 19.0. The van der Waals surface area contributed by atoms with Crippen LogP contribution in [0.1, 0.15) is 6.92 Å². The van der Waals surface area contributed by atoms with Crippen LogP contribution in [0.4, 0.5) is 5.95 Å². The zero-order valence-electron chi connectivity index (χ0n) is 14.6. The number of aromatic nitrogens is 4. The van der Waals surface area contributed by atoms with Gasteiger partial charge in [-0.3, -0.25) is 24.8 Å². The molecule has 0 aliphatic rings. The summed E-state index contributed by atoms with van der Waals surface area (Å²) >= 11 is 0. The molecule has 8 nitrogen and oxygen atoms in total. The number of aryl methyl sites for hydroxylation is 1. The Labute approximate surface area is 153 Å². The van der Waals surface area contributed by atoms with Gasteiger partial charge in [0, 0.05) is 6.54 Å². The highest BCUT2D eigenvalue weighted by Crippen LogP contribution is 2.19. The van der Waals surface area contributed by atoms with Crippen LogP contribution in [0.2, 0.25) is 0 Å². The number of rotatable bonds is 4. The van der Waals surface area contributed by atoms with Crippen molar-refractivity contribution in [3.63, 3.8) is 0 Å². The summed E-state index contributed by atoms with van der Waals surface area (Å²) in [6.07, 6.45) is 0. The molecule has 0 aliphatic carbocycles. The summed E-state index contributed by atoms with van der Waals surface area (Å²) in [4.78, 5) is 41.6. The number of fused-ring (bicyclic) bond motifs is 2. The summed E-state index contributed by atoms with van der Waals surface area (Å²) in [5.74, 6) is -0.0482. The third kappa shape index (κ3) is 2.91. The molecule has 2 N–H and O–H groups in total. The summed E-state index contributed by atoms with van der Waals surface area (Å²) in [7, 11) is 0. The summed E-state index contributed by atoms with van der Waals surface area (Å²) in [5.41, 5.74) is 0.834. The second kappa shape index (κ2) is 6.56. The number of benzene rings is 2. The fraction of sp³-hybridized carbons (Fsp3) is 0.158. The average molecular weight is 363 g/mol. The first kappa shape index (κ1) is 16.8. The van der Waals surface area contributed by atoms with E-state index in [0.29, 0.717) is 17.9 Å². The lowest BCUT2D eigenvalue weighted by Crippen LogP contribution is -2.34. The molecule has 0 bridgehead atoms. The molecule has 27 heavy (non-hydrogen) atoms. The first-order valence-electron chi connectivity index (χ1n) is 8.55. The minimum absolute atomic E-state index is 0.273. The monoisotopic (exact) mass is 363 g/mol. The maximum Gasteiger partial charge on any atom is 0.273 e. The first-order valence-corrected chi connectivity index (χ1v) is 8.55. The van der Waals surface area contributed by atoms with Crippen LogP contribution in [0.15, 0.2) is 58.1 Å². The van der Waals surface area contributed by atoms with Crippen LogP contribution >= 0.6 is 0 Å². The Morgan fingerprint density at radius 2 is 1.78 bits per heavy atom. The number of amides is 1. The molecular formula is C19H17N5O3. The fourth-order valence-electron chi connectivity index (χ4n) is 3.16. The predicted molar refractivity (Wildman–Crippen MR) is 103 cm³/mol. The van der Waals surface area contributed by atoms with E-state index >= 15 is 0 Å². The Morgan fingerprint density at radius 3 is 2.56 bits per heavy atom. The van der Waals surface area contributed by atoms with Gasteiger partial charge in [-0.2, -0.15) is 0 Å². The standard InChI is InChI=1S/C19H17N5O3/c1-2-23-15-10-6-5-9-14(15)20-19(23)21-16(25)11-24-18(27)13-8-4-3-7-12(13)17(26)22-24/h3-10H,2,11H2,1H3,(H,22,26)(H,20,21,25). The SMILES string of the molecule is CCn1c(NC(=O)Cn2[nH]c(=O)c3ccccc3c2=O)nc2ccccc21. The molecule has 0 saturated heterocycles. The molecule has 136 valence electrons. The van der Waals surface area contributed by atoms with Crippen molar-refractivity contribution in [3.8, 4) is 0 Å². The van der Waals surface area contributed by atoms with Crippen LogP contribution in [0.5, 0.6) is 0 Å². The fourth-order valence-corrected chi connectivity index (χ4v) is 3.16. The van der Waals surface area contributed by atoms with Gasteiger partial charge >= 0.3 is 0 Å². The molecule has 4 rings (SSSR count). The van der Waals surface area contributed by atoms with Gasteiger partial charge in [0.25, 0.3) is 11.1 Å². The number of nitrogens with zero attached hydrogens (tertiary/aromatic N) is 3. The average Bonchev–Trinajstić information content (AvgIpc) is 3.02. The van der Waals surface area contributed by atoms with Crippen molar-refractivity contribution in [2.75, 3.05) is 5.32 Å². The lowest BCUT2D eigenvalue weighted by molar-refractivity contribution is -0.117. The molecule has 2 heterocycles. The molecular weight excluding hydrogens is 346 g/mol. The molecule has 2 aromatic heterocycles. The minimum atomic E-state index is -0.451. The van der Waals surface area contributed by atoms with Gasteiger partial charge in [0.2, 0.25) is 11.9 Å². The van der Waals surface area contributed by atoms with Gasteiger partial charge in [-0.15, -0.1) is 0 Å². The van der Waals surface area contributed by atoms with Crippen molar-refractivity contribution < 1.29 is 4.79 Å². The number of para-hydroxylation sites is 2. The normalized spacial score (nSPS) is 11.1. The smallest absolute Gasteiger partial charge is 0.273 e. The van der Waals surface area contributed by atoms with E-state index in [1.165, 1.54) is 0 Å². The van der Waals surface area contributed by atoms with E-state index in [1.54, 1.807) is 24.3 Å². The number of anilines is 1. The second-order valence-electron chi connectivity index (χ2n) is 6.09. The molecule has 4 aromatic rings. The molecule has 8 heteroatoms. The summed E-state index contributed by atoms with van der Waals surface area (Å²) in [6, 6.07) is 14.1. The molecule has 0 spiro atoms. The Balaban J connectivity index is 1.66. The van der Waals surface area contributed by atoms with Gasteiger partial charge in [-0.25, -0.2) is 9.67 Å². The molecule has 1 amide bonds. The highest BCUT2D eigenvalue weighted by Gasteiger charge is 2.14. The van der Waals surface area contributed by atoms with Gasteiger partial charge in [0.15, 0.2) is 0 Å². The van der Waals surface area contributed by atoms with E-state index in [-0.39, 0.29) is 11.9 Å². The third-order valence-electron chi connectivity index (χ3n) is 4.41. The van der Waals surface area contributed by atoms with Crippen molar-refractivity contribution in [1.82, 2.24) is 19.3 Å². The van der Waals surface area contributed by atoms with Gasteiger partial charge in [-0.1, -0.05) is 24.3 Å². The molecule has 0 fully saturated rings. The Kier molecular flexibility index (Phi) is 4.08. The van der Waals surface area contributed by atoms with Crippen LogP contribution in [0.3, 0.4) is 0 Å². The van der Waals surface area contributed by atoms with E-state index in [4.69, 9.17) is 0 Å². The molecule has 0 unspecified atom stereocenters. The first-order chi connectivity index (χ1) is 13.1. The van der Waals surface area contributed by atoms with E-state index in [1.807, 2.05) is 35.8 Å². The molecule has 0 atom stereocenters. The summed E-state index contributed by atoms with van der Waals surface area (Å²) < 4.78 is 2.89. The van der Waals surface area contributed by atoms with Crippen molar-refractivity contribution in [2.45, 2.75) is 20.0 Å². The second-order valence-corrected chi connectivity index (χ2v) is 6.09. The maximum atomic E-state index is 12.5. The van der Waals surface area contributed by atoms with Crippen LogP contribution < -0.4 is 16.4 Å². The van der Waals surface area contributed by atoms with Gasteiger partial charge < -0.3 is 4.57 Å². The number of hydrogen-bond donors (Lipinski definition) is 2. The van der Waals surface area contributed by atoms with E-state index in [0.717, 1.165) is 15.7 Å². The maximum absolute atomic E-state index is 12.5. The highest BCUT2D eigenvalue weighted by molar-refractivity contribution is 5.91. The lowest BCUT2D eigenvalue weighted by Gasteiger charge is -2.09. The molecule has 2 aromatic carbocycles. The number of imidazole rings is 1. The van der Waals surface area contributed by atoms with Crippen LogP contribution in [-0.4, -0.2) is 25.2 Å². The molecule has 0 radical (unpaired) electrons. The Hall–Kier alpha value is -3.68. The van der Waals surface area contributed by atoms with Crippen LogP contribution in [0, 0.1) is 0 Å². The van der Waals surface area contributed by atoms with Crippen molar-refractivity contribution in [1.29, 1.82) is 0 Å². The number of carbonyl (C=O) groups is 1. The number of aromatic amines is 1. The Bertz CT molecular complexity index is 1280. The molecule has 0 saturated carbocycles. The largest absolute Gasteiger partial charge is 0.310 e. The van der Waals surface area contributed by atoms with Gasteiger partial charge in [0.1, 0.15) is 6.54 Å². The quantitative estimate of drug-likeness (QED) is 0.576. The zero-order valence-corrected chi connectivity index (χ0v) is 14.6. The van der Waals surface area contributed by atoms with Gasteiger partial charge in [-0.05, 0) is 31.2 Å². The van der Waals surface area contributed by atoms with Gasteiger partial charge in [0.05, 0.1) is 21.8 Å². The topological polar surface area (TPSA) is 102 Å². The van der Waals surface area contributed by atoms with E-state index < -0.39 is 17.0 Å². The summed E-state index contributed by atoms with van der Waals surface area (Å²) in [5, 5.41) is 5.75. The van der Waals surface area contributed by atoms with Crippen molar-refractivity contribution in [2.24, 2.45) is 0 Å². The minimum Gasteiger partial charge on any atom is -0.310 e. The van der Waals surface area contributed by atoms with Crippen molar-refractivity contribution >= 4 is 33.7 Å². The number of H-pyrrole nitrogens is 1. The highest BCUT2D eigenvalue weighted by atomic mass is 16.2. The van der Waals surface area contributed by atoms with Crippen molar-refractivity contribution in [3.05, 3.63) is 69.2 Å². The molecule has 0 aliphatic heterocycles. The number of carbonyl (C=O) groups excluding carboxylic acids is 1. The summed E-state index contributed by atoms with van der Waals surface area (Å²) in [6.45, 7) is 2.27. The predicted octanol–water partition coefficient (Wildman–Crippen LogP) is 1.70. The third-order valence-corrected chi connectivity index (χ3v) is 4.41. The van der Waals surface area contributed by atoms with E-state index in [9.17, 15) is 14.4 Å². The number of nitrogens with one attached hydrogen (secondary N) is 2. The lowest BCUT2D eigenvalue weighted by atomic mass is 10.2. The number of hydrogen-bond acceptors (Lipinski definition) is 4. The van der Waals surface area contributed by atoms with E-state index in [2.05, 4.69) is 15.4 Å². The van der Waals surface area contributed by atoms with Crippen LogP contribution in [0.25, 0.3) is 21.8 Å².